The highest BCUT2D eigenvalue weighted by molar-refractivity contribution is 9.10. The van der Waals surface area contributed by atoms with Gasteiger partial charge in [0.15, 0.2) is 4.67 Å². The van der Waals surface area contributed by atoms with Crippen molar-refractivity contribution in [2.45, 2.75) is 4.90 Å². The predicted octanol–water partition coefficient (Wildman–Crippen LogP) is 4.50. The SMILES string of the molecule is COc1ccccc1NS(=O)(=O)c1ccc(NC(=O)/C=C/c2ccc(Br)o2)cc1. The Balaban J connectivity index is 1.67. The van der Waals surface area contributed by atoms with Crippen molar-refractivity contribution in [3.63, 3.8) is 0 Å². The van der Waals surface area contributed by atoms with Crippen LogP contribution >= 0.6 is 15.9 Å². The zero-order chi connectivity index (χ0) is 20.9. The van der Waals surface area contributed by atoms with Gasteiger partial charge in [-0.15, -0.1) is 0 Å². The van der Waals surface area contributed by atoms with Gasteiger partial charge in [0.2, 0.25) is 5.91 Å². The zero-order valence-corrected chi connectivity index (χ0v) is 17.7. The van der Waals surface area contributed by atoms with Gasteiger partial charge in [-0.05, 0) is 70.5 Å². The molecular formula is C20H17BrN2O5S. The van der Waals surface area contributed by atoms with E-state index >= 15 is 0 Å². The van der Waals surface area contributed by atoms with Crippen molar-refractivity contribution in [3.8, 4) is 5.75 Å². The van der Waals surface area contributed by atoms with E-state index in [1.807, 2.05) is 0 Å². The molecule has 3 rings (SSSR count). The lowest BCUT2D eigenvalue weighted by Crippen LogP contribution is -2.14. The number of benzene rings is 2. The van der Waals surface area contributed by atoms with E-state index in [-0.39, 0.29) is 10.8 Å². The molecule has 0 aliphatic carbocycles. The first kappa shape index (κ1) is 20.7. The first-order valence-corrected chi connectivity index (χ1v) is 10.7. The van der Waals surface area contributed by atoms with Crippen molar-refractivity contribution in [3.05, 3.63) is 77.2 Å². The Hall–Kier alpha value is -3.04. The Morgan fingerprint density at radius 3 is 2.45 bits per heavy atom. The molecule has 0 fully saturated rings. The number of ether oxygens (including phenoxy) is 1. The maximum absolute atomic E-state index is 12.6. The molecule has 0 unspecified atom stereocenters. The van der Waals surface area contributed by atoms with Crippen LogP contribution in [-0.2, 0) is 14.8 Å². The summed E-state index contributed by atoms with van der Waals surface area (Å²) in [6.07, 6.45) is 2.84. The molecule has 1 heterocycles. The Kier molecular flexibility index (Phi) is 6.40. The number of carbonyl (C=O) groups excluding carboxylic acids is 1. The van der Waals surface area contributed by atoms with Crippen LogP contribution in [0.3, 0.4) is 0 Å². The lowest BCUT2D eigenvalue weighted by Gasteiger charge is -2.12. The van der Waals surface area contributed by atoms with Crippen molar-refractivity contribution in [1.29, 1.82) is 0 Å². The average Bonchev–Trinajstić information content (AvgIpc) is 3.12. The highest BCUT2D eigenvalue weighted by Crippen LogP contribution is 2.26. The van der Waals surface area contributed by atoms with Gasteiger partial charge in [-0.1, -0.05) is 12.1 Å². The number of furan rings is 1. The third-order valence-electron chi connectivity index (χ3n) is 3.78. The number of para-hydroxylation sites is 2. The first-order valence-electron chi connectivity index (χ1n) is 8.38. The summed E-state index contributed by atoms with van der Waals surface area (Å²) in [4.78, 5) is 12.0. The quantitative estimate of drug-likeness (QED) is 0.489. The summed E-state index contributed by atoms with van der Waals surface area (Å²) < 4.78 is 38.7. The number of carbonyl (C=O) groups is 1. The van der Waals surface area contributed by atoms with Gasteiger partial charge in [-0.3, -0.25) is 9.52 Å². The maximum Gasteiger partial charge on any atom is 0.262 e. The van der Waals surface area contributed by atoms with Crippen molar-refractivity contribution in [1.82, 2.24) is 0 Å². The fraction of sp³-hybridized carbons (Fsp3) is 0.0500. The van der Waals surface area contributed by atoms with E-state index < -0.39 is 10.0 Å². The molecule has 0 saturated carbocycles. The molecule has 0 saturated heterocycles. The Morgan fingerprint density at radius 1 is 1.07 bits per heavy atom. The Bertz CT molecular complexity index is 1140. The van der Waals surface area contributed by atoms with Gasteiger partial charge in [-0.2, -0.15) is 0 Å². The number of methoxy groups -OCH3 is 1. The molecule has 0 aliphatic rings. The van der Waals surface area contributed by atoms with Gasteiger partial charge in [0.25, 0.3) is 10.0 Å². The lowest BCUT2D eigenvalue weighted by molar-refractivity contribution is -0.111. The van der Waals surface area contributed by atoms with Crippen LogP contribution in [0.25, 0.3) is 6.08 Å². The topological polar surface area (TPSA) is 97.6 Å². The van der Waals surface area contributed by atoms with Crippen LogP contribution in [0, 0.1) is 0 Å². The highest BCUT2D eigenvalue weighted by atomic mass is 79.9. The number of sulfonamides is 1. The van der Waals surface area contributed by atoms with E-state index in [0.717, 1.165) is 0 Å². The van der Waals surface area contributed by atoms with E-state index in [9.17, 15) is 13.2 Å². The van der Waals surface area contributed by atoms with Gasteiger partial charge in [0, 0.05) is 11.8 Å². The fourth-order valence-corrected chi connectivity index (χ4v) is 3.80. The fourth-order valence-electron chi connectivity index (χ4n) is 2.41. The number of hydrogen-bond donors (Lipinski definition) is 2. The summed E-state index contributed by atoms with van der Waals surface area (Å²) in [5.41, 5.74) is 0.790. The second-order valence-corrected chi connectivity index (χ2v) is 8.26. The van der Waals surface area contributed by atoms with Crippen molar-refractivity contribution in [2.75, 3.05) is 17.1 Å². The average molecular weight is 477 g/mol. The van der Waals surface area contributed by atoms with Gasteiger partial charge in [0.05, 0.1) is 17.7 Å². The minimum absolute atomic E-state index is 0.0531. The van der Waals surface area contributed by atoms with Crippen LogP contribution < -0.4 is 14.8 Å². The van der Waals surface area contributed by atoms with Crippen molar-refractivity contribution < 1.29 is 22.4 Å². The van der Waals surface area contributed by atoms with Crippen LogP contribution in [0.5, 0.6) is 5.75 Å². The third kappa shape index (κ3) is 5.49. The van der Waals surface area contributed by atoms with E-state index in [0.29, 0.717) is 27.6 Å². The van der Waals surface area contributed by atoms with Gasteiger partial charge in [-0.25, -0.2) is 8.42 Å². The molecule has 0 atom stereocenters. The van der Waals surface area contributed by atoms with E-state index in [4.69, 9.17) is 9.15 Å². The minimum Gasteiger partial charge on any atom is -0.495 e. The highest BCUT2D eigenvalue weighted by Gasteiger charge is 2.16. The molecule has 1 aromatic heterocycles. The lowest BCUT2D eigenvalue weighted by atomic mass is 10.3. The zero-order valence-electron chi connectivity index (χ0n) is 15.3. The number of amides is 1. The van der Waals surface area contributed by atoms with Crippen LogP contribution in [0.1, 0.15) is 5.76 Å². The number of halogens is 1. The molecule has 1 amide bonds. The molecule has 0 radical (unpaired) electrons. The Morgan fingerprint density at radius 2 is 1.79 bits per heavy atom. The maximum atomic E-state index is 12.6. The first-order chi connectivity index (χ1) is 13.9. The minimum atomic E-state index is -3.81. The third-order valence-corrected chi connectivity index (χ3v) is 5.58. The number of nitrogens with one attached hydrogen (secondary N) is 2. The van der Waals surface area contributed by atoms with Gasteiger partial charge < -0.3 is 14.5 Å². The summed E-state index contributed by atoms with van der Waals surface area (Å²) >= 11 is 3.18. The van der Waals surface area contributed by atoms with Gasteiger partial charge >= 0.3 is 0 Å². The summed E-state index contributed by atoms with van der Waals surface area (Å²) in [5, 5.41) is 2.65. The molecule has 2 aromatic carbocycles. The summed E-state index contributed by atoms with van der Waals surface area (Å²) in [6, 6.07) is 16.0. The number of hydrogen-bond acceptors (Lipinski definition) is 5. The molecule has 9 heteroatoms. The van der Waals surface area contributed by atoms with Crippen LogP contribution in [0.2, 0.25) is 0 Å². The van der Waals surface area contributed by atoms with Crippen molar-refractivity contribution >= 4 is 49.3 Å². The van der Waals surface area contributed by atoms with Crippen LogP contribution in [-0.4, -0.2) is 21.4 Å². The molecule has 0 aliphatic heterocycles. The summed E-state index contributed by atoms with van der Waals surface area (Å²) in [5.74, 6) is 0.562. The second kappa shape index (κ2) is 8.97. The molecule has 7 nitrogen and oxygen atoms in total. The van der Waals surface area contributed by atoms with E-state index in [1.165, 1.54) is 43.5 Å². The number of anilines is 2. The molecule has 150 valence electrons. The normalized spacial score (nSPS) is 11.4. The molecule has 29 heavy (non-hydrogen) atoms. The predicted molar refractivity (Wildman–Crippen MR) is 114 cm³/mol. The molecule has 2 N–H and O–H groups in total. The van der Waals surface area contributed by atoms with Gasteiger partial charge in [0.1, 0.15) is 11.5 Å². The summed E-state index contributed by atoms with van der Waals surface area (Å²) in [6.45, 7) is 0. The molecule has 0 bridgehead atoms. The standard InChI is InChI=1S/C20H17BrN2O5S/c1-27-18-5-3-2-4-17(18)23-29(25,26)16-10-6-14(7-11-16)22-20(24)13-9-15-8-12-19(21)28-15/h2-13,23H,1H3,(H,22,24)/b13-9+. The van der Waals surface area contributed by atoms with Crippen molar-refractivity contribution in [2.24, 2.45) is 0 Å². The smallest absolute Gasteiger partial charge is 0.262 e. The Labute approximate surface area is 176 Å². The molecule has 3 aromatic rings. The monoisotopic (exact) mass is 476 g/mol. The second-order valence-electron chi connectivity index (χ2n) is 5.79. The van der Waals surface area contributed by atoms with E-state index in [1.54, 1.807) is 36.4 Å². The summed E-state index contributed by atoms with van der Waals surface area (Å²) in [7, 11) is -2.35. The molecular weight excluding hydrogens is 460 g/mol. The number of rotatable bonds is 7. The molecule has 0 spiro atoms. The largest absolute Gasteiger partial charge is 0.495 e. The van der Waals surface area contributed by atoms with Crippen LogP contribution in [0.15, 0.2) is 80.7 Å². The van der Waals surface area contributed by atoms with E-state index in [2.05, 4.69) is 26.0 Å². The van der Waals surface area contributed by atoms with Crippen LogP contribution in [0.4, 0.5) is 11.4 Å².